The maximum Gasteiger partial charge on any atom is 0.168 e. The number of carbonyl (C=O) groups excluding carboxylic acids is 1. The van der Waals surface area contributed by atoms with Crippen LogP contribution in [0.4, 0.5) is 4.39 Å². The molecule has 110 valence electrons. The highest BCUT2D eigenvalue weighted by Gasteiger charge is 2.43. The number of rotatable bonds is 3. The van der Waals surface area contributed by atoms with Gasteiger partial charge in [0.1, 0.15) is 5.82 Å². The highest BCUT2D eigenvalue weighted by Crippen LogP contribution is 2.40. The Morgan fingerprint density at radius 3 is 2.57 bits per heavy atom. The van der Waals surface area contributed by atoms with Gasteiger partial charge in [-0.3, -0.25) is 9.00 Å². The quantitative estimate of drug-likeness (QED) is 0.807. The summed E-state index contributed by atoms with van der Waals surface area (Å²) < 4.78 is 26.0. The summed E-state index contributed by atoms with van der Waals surface area (Å²) in [5, 5.41) is 8.83. The van der Waals surface area contributed by atoms with Gasteiger partial charge in [0.05, 0.1) is 18.1 Å². The molecule has 2 aliphatic heterocycles. The molecule has 0 saturated carbocycles. The van der Waals surface area contributed by atoms with E-state index in [1.54, 1.807) is 6.07 Å². The van der Waals surface area contributed by atoms with Gasteiger partial charge in [-0.1, -0.05) is 6.07 Å². The predicted octanol–water partition coefficient (Wildman–Crippen LogP) is 2.76. The lowest BCUT2D eigenvalue weighted by Gasteiger charge is -2.26. The van der Waals surface area contributed by atoms with Crippen molar-refractivity contribution in [1.82, 2.24) is 0 Å². The molecule has 0 radical (unpaired) electrons. The van der Waals surface area contributed by atoms with E-state index < -0.39 is 16.6 Å². The fourth-order valence-electron chi connectivity index (χ4n) is 3.43. The number of ketones is 1. The first-order valence-corrected chi connectivity index (χ1v) is 8.46. The first-order chi connectivity index (χ1) is 10.1. The molecule has 21 heavy (non-hydrogen) atoms. The third kappa shape index (κ3) is 2.65. The first-order valence-electron chi connectivity index (χ1n) is 7.19. The summed E-state index contributed by atoms with van der Waals surface area (Å²) in [5.74, 6) is -0.937. The van der Waals surface area contributed by atoms with Crippen molar-refractivity contribution in [2.75, 3.05) is 0 Å². The molecule has 1 aromatic carbocycles. The van der Waals surface area contributed by atoms with Crippen molar-refractivity contribution in [3.05, 3.63) is 35.1 Å². The molecule has 0 amide bonds. The number of carbonyl (C=O) groups is 1. The van der Waals surface area contributed by atoms with Crippen LogP contribution in [0.25, 0.3) is 0 Å². The summed E-state index contributed by atoms with van der Waals surface area (Å²) in [4.78, 5) is 12.5. The Hall–Kier alpha value is -1.54. The number of Topliss-reactive ketones (excluding diaryl/α,β-unsaturated/α-hetero) is 1. The van der Waals surface area contributed by atoms with E-state index in [-0.39, 0.29) is 34.2 Å². The first kappa shape index (κ1) is 14.4. The van der Waals surface area contributed by atoms with Crippen molar-refractivity contribution in [3.63, 3.8) is 0 Å². The van der Waals surface area contributed by atoms with Crippen LogP contribution in [0.15, 0.2) is 18.2 Å². The summed E-state index contributed by atoms with van der Waals surface area (Å²) >= 11 is 0. The van der Waals surface area contributed by atoms with Gasteiger partial charge in [0.2, 0.25) is 0 Å². The monoisotopic (exact) mass is 305 g/mol. The number of fused-ring (bicyclic) bond motifs is 2. The Morgan fingerprint density at radius 1 is 1.33 bits per heavy atom. The lowest BCUT2D eigenvalue weighted by Crippen LogP contribution is -2.32. The molecular weight excluding hydrogens is 289 g/mol. The van der Waals surface area contributed by atoms with E-state index in [0.717, 1.165) is 12.8 Å². The van der Waals surface area contributed by atoms with E-state index in [9.17, 15) is 13.4 Å². The SMILES string of the molecule is N#CCc1ccc(C(=O)C2CC3CCC(C2)S3=O)c(F)c1. The molecule has 0 aliphatic carbocycles. The van der Waals surface area contributed by atoms with Crippen LogP contribution in [0.5, 0.6) is 0 Å². The second-order valence-corrected chi connectivity index (χ2v) is 7.82. The minimum Gasteiger partial charge on any atom is -0.294 e. The molecule has 2 bridgehead atoms. The average molecular weight is 305 g/mol. The maximum absolute atomic E-state index is 14.1. The van der Waals surface area contributed by atoms with Crippen LogP contribution in [0.2, 0.25) is 0 Å². The Kier molecular flexibility index (Phi) is 3.90. The van der Waals surface area contributed by atoms with Crippen LogP contribution in [-0.4, -0.2) is 20.5 Å². The largest absolute Gasteiger partial charge is 0.294 e. The molecule has 2 unspecified atom stereocenters. The molecule has 3 nitrogen and oxygen atoms in total. The number of hydrogen-bond donors (Lipinski definition) is 0. The average Bonchev–Trinajstić information content (AvgIpc) is 2.69. The second kappa shape index (κ2) is 5.69. The molecule has 0 aromatic heterocycles. The van der Waals surface area contributed by atoms with Crippen LogP contribution < -0.4 is 0 Å². The zero-order valence-electron chi connectivity index (χ0n) is 11.5. The van der Waals surface area contributed by atoms with Gasteiger partial charge in [-0.15, -0.1) is 0 Å². The molecule has 2 atom stereocenters. The lowest BCUT2D eigenvalue weighted by molar-refractivity contribution is 0.0902. The van der Waals surface area contributed by atoms with Crippen molar-refractivity contribution >= 4 is 16.6 Å². The van der Waals surface area contributed by atoms with Crippen LogP contribution >= 0.6 is 0 Å². The minimum atomic E-state index is -0.806. The van der Waals surface area contributed by atoms with Gasteiger partial charge < -0.3 is 0 Å². The van der Waals surface area contributed by atoms with Crippen molar-refractivity contribution in [2.24, 2.45) is 5.92 Å². The minimum absolute atomic E-state index is 0.105. The van der Waals surface area contributed by atoms with Crippen LogP contribution in [0.3, 0.4) is 0 Å². The second-order valence-electron chi connectivity index (χ2n) is 5.83. The van der Waals surface area contributed by atoms with Gasteiger partial charge in [-0.25, -0.2) is 4.39 Å². The molecule has 0 N–H and O–H groups in total. The number of halogens is 1. The summed E-state index contributed by atoms with van der Waals surface area (Å²) in [5.41, 5.74) is 0.685. The fraction of sp³-hybridized carbons (Fsp3) is 0.500. The molecule has 3 rings (SSSR count). The van der Waals surface area contributed by atoms with Crippen molar-refractivity contribution in [3.8, 4) is 6.07 Å². The van der Waals surface area contributed by atoms with Gasteiger partial charge in [0.15, 0.2) is 5.78 Å². The molecule has 1 aromatic rings. The molecule has 2 aliphatic rings. The maximum atomic E-state index is 14.1. The van der Waals surface area contributed by atoms with E-state index in [1.165, 1.54) is 12.1 Å². The van der Waals surface area contributed by atoms with Crippen LogP contribution in [-0.2, 0) is 17.2 Å². The fourth-order valence-corrected chi connectivity index (χ4v) is 5.55. The zero-order valence-corrected chi connectivity index (χ0v) is 12.4. The Balaban J connectivity index is 1.80. The summed E-state index contributed by atoms with van der Waals surface area (Å²) in [6.07, 6.45) is 3.20. The molecule has 2 heterocycles. The van der Waals surface area contributed by atoms with Gasteiger partial charge >= 0.3 is 0 Å². The lowest BCUT2D eigenvalue weighted by atomic mass is 9.89. The molecular formula is C16H16FNO2S. The Labute approximate surface area is 125 Å². The molecule has 0 spiro atoms. The highest BCUT2D eigenvalue weighted by molar-refractivity contribution is 7.86. The predicted molar refractivity (Wildman–Crippen MR) is 77.7 cm³/mol. The van der Waals surface area contributed by atoms with Crippen molar-refractivity contribution < 1.29 is 13.4 Å². The van der Waals surface area contributed by atoms with Crippen molar-refractivity contribution in [2.45, 2.75) is 42.6 Å². The number of benzene rings is 1. The molecule has 2 fully saturated rings. The Bertz CT molecular complexity index is 636. The zero-order chi connectivity index (χ0) is 15.0. The van der Waals surface area contributed by atoms with E-state index in [1.807, 2.05) is 6.07 Å². The standard InChI is InChI=1S/C16H16FNO2S/c17-15-7-10(5-6-18)1-4-14(15)16(19)11-8-12-2-3-13(9-11)21(12)20/h1,4,7,11-13H,2-3,5,8-9H2. The third-order valence-electron chi connectivity index (χ3n) is 4.52. The van der Waals surface area contributed by atoms with E-state index >= 15 is 0 Å². The summed E-state index contributed by atoms with van der Waals surface area (Å²) in [6.45, 7) is 0. The summed E-state index contributed by atoms with van der Waals surface area (Å²) in [6, 6.07) is 6.35. The third-order valence-corrected chi connectivity index (χ3v) is 6.69. The Morgan fingerprint density at radius 2 is 2.00 bits per heavy atom. The van der Waals surface area contributed by atoms with Crippen molar-refractivity contribution in [1.29, 1.82) is 5.26 Å². The number of nitriles is 1. The topological polar surface area (TPSA) is 57.9 Å². The van der Waals surface area contributed by atoms with Crippen LogP contribution in [0.1, 0.15) is 41.6 Å². The van der Waals surface area contributed by atoms with Crippen LogP contribution in [0, 0.1) is 23.1 Å². The normalized spacial score (nSPS) is 30.9. The smallest absolute Gasteiger partial charge is 0.168 e. The highest BCUT2D eigenvalue weighted by atomic mass is 32.2. The van der Waals surface area contributed by atoms with E-state index in [4.69, 9.17) is 5.26 Å². The summed E-state index contributed by atoms with van der Waals surface area (Å²) in [7, 11) is -0.806. The molecule has 5 heteroatoms. The van der Waals surface area contributed by atoms with Gasteiger partial charge in [0, 0.05) is 27.2 Å². The van der Waals surface area contributed by atoms with E-state index in [2.05, 4.69) is 0 Å². The molecule has 2 saturated heterocycles. The van der Waals surface area contributed by atoms with Gasteiger partial charge in [0.25, 0.3) is 0 Å². The van der Waals surface area contributed by atoms with Gasteiger partial charge in [-0.2, -0.15) is 5.26 Å². The number of hydrogen-bond acceptors (Lipinski definition) is 3. The van der Waals surface area contributed by atoms with Gasteiger partial charge in [-0.05, 0) is 43.4 Å². The van der Waals surface area contributed by atoms with E-state index in [0.29, 0.717) is 18.4 Å². The number of nitrogens with zero attached hydrogens (tertiary/aromatic N) is 1.